The summed E-state index contributed by atoms with van der Waals surface area (Å²) in [5.74, 6) is 0.454. The smallest absolute Gasteiger partial charge is 0.321 e. The molecule has 4 unspecified atom stereocenters. The lowest BCUT2D eigenvalue weighted by Crippen LogP contribution is -2.40. The minimum absolute atomic E-state index is 0.211. The van der Waals surface area contributed by atoms with Crippen molar-refractivity contribution in [3.05, 3.63) is 0 Å². The van der Waals surface area contributed by atoms with E-state index < -0.39 is 5.97 Å². The lowest BCUT2D eigenvalue weighted by atomic mass is 9.94. The Labute approximate surface area is 115 Å². The van der Waals surface area contributed by atoms with Crippen LogP contribution in [-0.4, -0.2) is 47.8 Å². The second-order valence-corrected chi connectivity index (χ2v) is 6.41. The van der Waals surface area contributed by atoms with Gasteiger partial charge in [-0.15, -0.1) is 0 Å². The van der Waals surface area contributed by atoms with Gasteiger partial charge >= 0.3 is 5.97 Å². The van der Waals surface area contributed by atoms with Gasteiger partial charge in [0, 0.05) is 13.2 Å². The molecule has 0 radical (unpaired) electrons. The number of ether oxygens (including phenoxy) is 1. The van der Waals surface area contributed by atoms with E-state index in [1.807, 2.05) is 0 Å². The third-order valence-corrected chi connectivity index (χ3v) is 5.23. The highest BCUT2D eigenvalue weighted by Crippen LogP contribution is 2.42. The molecule has 0 aromatic rings. The SMILES string of the molecule is O=C(O)C1C2CCCC2CN1CCCC1CCCO1. The molecular formula is C15H25NO3. The van der Waals surface area contributed by atoms with Gasteiger partial charge in [0.25, 0.3) is 0 Å². The molecule has 0 spiro atoms. The van der Waals surface area contributed by atoms with Gasteiger partial charge in [-0.2, -0.15) is 0 Å². The largest absolute Gasteiger partial charge is 0.480 e. The molecule has 3 rings (SSSR count). The molecule has 3 aliphatic rings. The molecule has 108 valence electrons. The quantitative estimate of drug-likeness (QED) is 0.829. The van der Waals surface area contributed by atoms with Crippen LogP contribution in [0.2, 0.25) is 0 Å². The molecule has 0 aromatic carbocycles. The van der Waals surface area contributed by atoms with Crippen LogP contribution in [0.25, 0.3) is 0 Å². The highest BCUT2D eigenvalue weighted by molar-refractivity contribution is 5.74. The van der Waals surface area contributed by atoms with Crippen LogP contribution in [-0.2, 0) is 9.53 Å². The normalized spacial score (nSPS) is 38.7. The average Bonchev–Trinajstić information content (AvgIpc) is 3.02. The van der Waals surface area contributed by atoms with Crippen molar-refractivity contribution in [1.82, 2.24) is 4.90 Å². The van der Waals surface area contributed by atoms with Gasteiger partial charge in [-0.25, -0.2) is 0 Å². The van der Waals surface area contributed by atoms with Crippen LogP contribution < -0.4 is 0 Å². The first-order valence-corrected chi connectivity index (χ1v) is 7.84. The van der Waals surface area contributed by atoms with Crippen molar-refractivity contribution in [1.29, 1.82) is 0 Å². The number of hydrogen-bond acceptors (Lipinski definition) is 3. The summed E-state index contributed by atoms with van der Waals surface area (Å²) in [7, 11) is 0. The van der Waals surface area contributed by atoms with E-state index in [-0.39, 0.29) is 6.04 Å². The summed E-state index contributed by atoms with van der Waals surface area (Å²) in [5, 5.41) is 9.48. The van der Waals surface area contributed by atoms with Gasteiger partial charge in [0.2, 0.25) is 0 Å². The molecule has 1 saturated carbocycles. The zero-order valence-corrected chi connectivity index (χ0v) is 11.6. The Morgan fingerprint density at radius 2 is 2.16 bits per heavy atom. The minimum Gasteiger partial charge on any atom is -0.480 e. The molecule has 0 bridgehead atoms. The average molecular weight is 267 g/mol. The molecule has 4 heteroatoms. The van der Waals surface area contributed by atoms with E-state index in [0.717, 1.165) is 39.0 Å². The van der Waals surface area contributed by atoms with Gasteiger partial charge in [0.05, 0.1) is 6.10 Å². The van der Waals surface area contributed by atoms with Crippen LogP contribution >= 0.6 is 0 Å². The molecule has 1 aliphatic carbocycles. The fraction of sp³-hybridized carbons (Fsp3) is 0.933. The molecule has 2 heterocycles. The summed E-state index contributed by atoms with van der Waals surface area (Å²) in [6.07, 6.45) is 8.56. The van der Waals surface area contributed by atoms with Crippen molar-refractivity contribution >= 4 is 5.97 Å². The highest BCUT2D eigenvalue weighted by atomic mass is 16.5. The molecule has 4 nitrogen and oxygen atoms in total. The first-order chi connectivity index (χ1) is 9.25. The number of carboxylic acids is 1. The van der Waals surface area contributed by atoms with Crippen LogP contribution in [0, 0.1) is 11.8 Å². The topological polar surface area (TPSA) is 49.8 Å². The molecule has 2 saturated heterocycles. The summed E-state index contributed by atoms with van der Waals surface area (Å²) in [6, 6.07) is -0.211. The Morgan fingerprint density at radius 3 is 2.89 bits per heavy atom. The van der Waals surface area contributed by atoms with Gasteiger partial charge in [0.1, 0.15) is 6.04 Å². The lowest BCUT2D eigenvalue weighted by Gasteiger charge is -2.24. The molecule has 1 N–H and O–H groups in total. The first-order valence-electron chi connectivity index (χ1n) is 7.84. The van der Waals surface area contributed by atoms with Crippen molar-refractivity contribution in [2.24, 2.45) is 11.8 Å². The zero-order valence-electron chi connectivity index (χ0n) is 11.6. The summed E-state index contributed by atoms with van der Waals surface area (Å²) < 4.78 is 5.63. The van der Waals surface area contributed by atoms with Crippen molar-refractivity contribution in [3.8, 4) is 0 Å². The fourth-order valence-electron chi connectivity index (χ4n) is 4.36. The number of rotatable bonds is 5. The monoisotopic (exact) mass is 267 g/mol. The van der Waals surface area contributed by atoms with Crippen LogP contribution in [0.4, 0.5) is 0 Å². The molecule has 4 atom stereocenters. The van der Waals surface area contributed by atoms with Crippen LogP contribution in [0.15, 0.2) is 0 Å². The van der Waals surface area contributed by atoms with E-state index in [1.54, 1.807) is 0 Å². The predicted octanol–water partition coefficient (Wildman–Crippen LogP) is 2.13. The van der Waals surface area contributed by atoms with Gasteiger partial charge in [-0.05, 0) is 56.9 Å². The summed E-state index contributed by atoms with van der Waals surface area (Å²) in [5.41, 5.74) is 0. The Bertz CT molecular complexity index is 327. The summed E-state index contributed by atoms with van der Waals surface area (Å²) in [4.78, 5) is 13.7. The van der Waals surface area contributed by atoms with E-state index >= 15 is 0 Å². The van der Waals surface area contributed by atoms with E-state index in [0.29, 0.717) is 17.9 Å². The lowest BCUT2D eigenvalue weighted by molar-refractivity contribution is -0.143. The summed E-state index contributed by atoms with van der Waals surface area (Å²) in [6.45, 7) is 2.85. The Balaban J connectivity index is 1.50. The molecule has 0 aromatic heterocycles. The van der Waals surface area contributed by atoms with E-state index in [9.17, 15) is 9.90 Å². The number of carbonyl (C=O) groups is 1. The third kappa shape index (κ3) is 2.79. The number of carboxylic acid groups (broad SMARTS) is 1. The van der Waals surface area contributed by atoms with E-state index in [4.69, 9.17) is 4.74 Å². The second-order valence-electron chi connectivity index (χ2n) is 6.41. The molecule has 2 aliphatic heterocycles. The number of nitrogens with zero attached hydrogens (tertiary/aromatic N) is 1. The van der Waals surface area contributed by atoms with Gasteiger partial charge in [-0.1, -0.05) is 6.42 Å². The standard InChI is InChI=1S/C15H25NO3/c17-15(18)14-13-7-1-4-11(13)10-16(14)8-2-5-12-6-3-9-19-12/h11-14H,1-10H2,(H,17,18). The van der Waals surface area contributed by atoms with Gasteiger partial charge in [-0.3, -0.25) is 9.69 Å². The van der Waals surface area contributed by atoms with Crippen LogP contribution in [0.5, 0.6) is 0 Å². The predicted molar refractivity (Wildman–Crippen MR) is 72.0 cm³/mol. The highest BCUT2D eigenvalue weighted by Gasteiger charge is 2.47. The zero-order chi connectivity index (χ0) is 13.2. The van der Waals surface area contributed by atoms with Gasteiger partial charge in [0.15, 0.2) is 0 Å². The second kappa shape index (κ2) is 5.80. The molecule has 0 amide bonds. The van der Waals surface area contributed by atoms with Crippen molar-refractivity contribution < 1.29 is 14.6 Å². The maximum absolute atomic E-state index is 11.5. The Hall–Kier alpha value is -0.610. The Kier molecular flexibility index (Phi) is 4.08. The van der Waals surface area contributed by atoms with Crippen molar-refractivity contribution in [3.63, 3.8) is 0 Å². The number of hydrogen-bond donors (Lipinski definition) is 1. The first kappa shape index (κ1) is 13.4. The maximum atomic E-state index is 11.5. The van der Waals surface area contributed by atoms with Crippen LogP contribution in [0.3, 0.4) is 0 Å². The van der Waals surface area contributed by atoms with Crippen molar-refractivity contribution in [2.45, 2.75) is 57.1 Å². The van der Waals surface area contributed by atoms with Gasteiger partial charge < -0.3 is 9.84 Å². The molecule has 19 heavy (non-hydrogen) atoms. The molecule has 3 fully saturated rings. The van der Waals surface area contributed by atoms with E-state index in [1.165, 1.54) is 25.7 Å². The minimum atomic E-state index is -0.605. The van der Waals surface area contributed by atoms with Crippen LogP contribution in [0.1, 0.15) is 44.9 Å². The maximum Gasteiger partial charge on any atom is 0.321 e. The van der Waals surface area contributed by atoms with E-state index in [2.05, 4.69) is 4.90 Å². The number of fused-ring (bicyclic) bond motifs is 1. The number of aliphatic carboxylic acids is 1. The third-order valence-electron chi connectivity index (χ3n) is 5.23. The van der Waals surface area contributed by atoms with Crippen molar-refractivity contribution in [2.75, 3.05) is 19.7 Å². The molecular weight excluding hydrogens is 242 g/mol. The number of likely N-dealkylation sites (tertiary alicyclic amines) is 1. The summed E-state index contributed by atoms with van der Waals surface area (Å²) >= 11 is 0. The Morgan fingerprint density at radius 1 is 1.26 bits per heavy atom. The fourth-order valence-corrected chi connectivity index (χ4v) is 4.36.